The van der Waals surface area contributed by atoms with Gasteiger partial charge in [0.25, 0.3) is 47.3 Å². The van der Waals surface area contributed by atoms with Crippen LogP contribution in [0.3, 0.4) is 0 Å². The van der Waals surface area contributed by atoms with Crippen LogP contribution in [-0.4, -0.2) is 237 Å². The molecule has 4 aromatic rings. The van der Waals surface area contributed by atoms with Crippen molar-refractivity contribution in [3.8, 4) is 23.0 Å². The van der Waals surface area contributed by atoms with Crippen molar-refractivity contribution in [2.24, 2.45) is 5.73 Å². The summed E-state index contributed by atoms with van der Waals surface area (Å²) in [6.07, 6.45) is 1.36. The second kappa shape index (κ2) is 34.9. The minimum absolute atomic E-state index is 0.00277. The number of phenolic OH excluding ortho intramolecular Hbond substituents is 4. The van der Waals surface area contributed by atoms with Gasteiger partial charge >= 0.3 is 5.97 Å². The minimum atomic E-state index is -0.992. The topological polar surface area (TPSA) is 405 Å². The van der Waals surface area contributed by atoms with Gasteiger partial charge in [0.1, 0.15) is 23.0 Å². The number of fused-ring (bicyclic) bond motifs is 21. The Morgan fingerprint density at radius 3 is 1.28 bits per heavy atom. The number of amides is 8. The lowest BCUT2D eigenvalue weighted by molar-refractivity contribution is -0.138. The first-order valence-electron chi connectivity index (χ1n) is 28.8. The molecule has 3 aliphatic rings. The standard InChI is InChI=1S/C59H78N12O16/c60-17-2-1-7-38(68-59(85)46-15-6-14-45(51(46)77)58(84)67-24-34-87-36-35-86-33-16-47(72)73)37-71-30-23-66-57(83)44-13-5-10-41(50(44)76)54(80)63-20-27-69-25-18-61-52(78)39-8-3-11-42(48(39)74)55(81)64-21-28-70(31-32-71)29-22-65-56(82)43-12-4-9-40(49(43)75)53(79)62-19-26-69/h3-6,8-15,38,74-77H,1-2,7,16-37,60H2,(H,61,78)(H,62,79)(H,63,80)(H,64,81)(H,65,82)(H,66,83)(H,67,84)(H,68,85)(H,72,73). The molecule has 8 bridgehead atoms. The Morgan fingerprint density at radius 1 is 0.483 bits per heavy atom. The quantitative estimate of drug-likeness (QED) is 0.0553. The van der Waals surface area contributed by atoms with Crippen LogP contribution in [0, 0.1) is 0 Å². The number of hydrogen-bond acceptors (Lipinski definition) is 19. The van der Waals surface area contributed by atoms with Crippen LogP contribution in [-0.2, 0) is 14.3 Å². The fraction of sp³-hybridized carbons (Fsp3) is 0.441. The van der Waals surface area contributed by atoms with Gasteiger partial charge in [-0.25, -0.2) is 0 Å². The fourth-order valence-electron chi connectivity index (χ4n) is 9.56. The molecule has 4 aromatic carbocycles. The number of rotatable bonds is 18. The number of aromatic hydroxyl groups is 4. The molecular weight excluding hydrogens is 1130 g/mol. The van der Waals surface area contributed by atoms with E-state index >= 15 is 0 Å². The lowest BCUT2D eigenvalue weighted by atomic mass is 10.0. The second-order valence-electron chi connectivity index (χ2n) is 20.4. The number of para-hydroxylation sites is 4. The SMILES string of the molecule is NCCCCC(CN1CCNC(=O)c2cccc(c2O)C(=O)NCCN2CCNC(=O)c3cccc(c3O)C(=O)NCCN(CCNC(=O)c3cccc(c3O)C(=O)NCC2)CC1)NC(=O)c1cccc(C(=O)NCCOCCOCCC(=O)O)c1O. The van der Waals surface area contributed by atoms with Gasteiger partial charge < -0.3 is 83.3 Å². The lowest BCUT2D eigenvalue weighted by Crippen LogP contribution is -2.49. The molecule has 470 valence electrons. The number of carbonyl (C=O) groups excluding carboxylic acids is 8. The van der Waals surface area contributed by atoms with Crippen molar-refractivity contribution in [2.45, 2.75) is 31.7 Å². The maximum atomic E-state index is 14.2. The maximum Gasteiger partial charge on any atom is 0.305 e. The summed E-state index contributed by atoms with van der Waals surface area (Å²) in [5.74, 6) is -8.82. The summed E-state index contributed by atoms with van der Waals surface area (Å²) < 4.78 is 10.6. The van der Waals surface area contributed by atoms with Crippen LogP contribution in [0.25, 0.3) is 0 Å². The normalized spacial score (nSPS) is 17.7. The summed E-state index contributed by atoms with van der Waals surface area (Å²) in [6, 6.07) is 16.0. The van der Waals surface area contributed by atoms with E-state index in [0.29, 0.717) is 25.8 Å². The number of ether oxygens (including phenoxy) is 2. The molecular formula is C59H78N12O16. The Hall–Kier alpha value is -8.93. The first-order valence-corrected chi connectivity index (χ1v) is 28.8. The number of carboxylic acid groups (broad SMARTS) is 1. The molecule has 0 radical (unpaired) electrons. The number of nitrogens with two attached hydrogens (primary N) is 1. The number of benzene rings is 4. The van der Waals surface area contributed by atoms with Crippen LogP contribution in [0.15, 0.2) is 72.8 Å². The van der Waals surface area contributed by atoms with E-state index in [-0.39, 0.29) is 182 Å². The molecule has 28 nitrogen and oxygen atoms in total. The Balaban J connectivity index is 1.29. The fourth-order valence-corrected chi connectivity index (χ4v) is 9.56. The molecule has 7 rings (SSSR count). The lowest BCUT2D eigenvalue weighted by Gasteiger charge is -2.31. The predicted molar refractivity (Wildman–Crippen MR) is 316 cm³/mol. The third-order valence-electron chi connectivity index (χ3n) is 14.3. The van der Waals surface area contributed by atoms with Gasteiger partial charge in [-0.1, -0.05) is 30.7 Å². The number of phenols is 4. The molecule has 0 fully saturated rings. The number of nitrogens with zero attached hydrogens (tertiary/aromatic N) is 3. The van der Waals surface area contributed by atoms with Crippen LogP contribution in [0.1, 0.15) is 109 Å². The van der Waals surface area contributed by atoms with Gasteiger partial charge in [-0.3, -0.25) is 57.9 Å². The summed E-state index contributed by atoms with van der Waals surface area (Å²) in [6.45, 7) is 2.11. The zero-order valence-electron chi connectivity index (χ0n) is 48.3. The Morgan fingerprint density at radius 2 is 0.862 bits per heavy atom. The summed E-state index contributed by atoms with van der Waals surface area (Å²) in [5, 5.41) is 76.3. The number of unbranched alkanes of at least 4 members (excludes halogenated alkanes) is 1. The van der Waals surface area contributed by atoms with Gasteiger partial charge in [0.15, 0.2) is 0 Å². The second-order valence-corrected chi connectivity index (χ2v) is 20.4. The molecule has 87 heavy (non-hydrogen) atoms. The number of carbonyl (C=O) groups is 9. The van der Waals surface area contributed by atoms with E-state index in [4.69, 9.17) is 20.3 Å². The van der Waals surface area contributed by atoms with Crippen molar-refractivity contribution in [3.05, 3.63) is 117 Å². The average molecular weight is 1210 g/mol. The molecule has 0 aliphatic carbocycles. The summed E-state index contributed by atoms with van der Waals surface area (Å²) >= 11 is 0. The van der Waals surface area contributed by atoms with E-state index in [1.165, 1.54) is 72.8 Å². The van der Waals surface area contributed by atoms with E-state index in [0.717, 1.165) is 0 Å². The van der Waals surface area contributed by atoms with Crippen LogP contribution in [0.2, 0.25) is 0 Å². The van der Waals surface area contributed by atoms with Gasteiger partial charge in [-0.05, 0) is 67.9 Å². The van der Waals surface area contributed by atoms with Crippen LogP contribution in [0.5, 0.6) is 23.0 Å². The zero-order chi connectivity index (χ0) is 62.7. The number of carboxylic acids is 1. The van der Waals surface area contributed by atoms with Crippen LogP contribution in [0.4, 0.5) is 0 Å². The van der Waals surface area contributed by atoms with Crippen molar-refractivity contribution in [3.63, 3.8) is 0 Å². The summed E-state index contributed by atoms with van der Waals surface area (Å²) in [5.41, 5.74) is 4.47. The van der Waals surface area contributed by atoms with Crippen molar-refractivity contribution in [2.75, 3.05) is 138 Å². The molecule has 0 saturated heterocycles. The number of nitrogens with one attached hydrogen (secondary N) is 8. The molecule has 3 heterocycles. The van der Waals surface area contributed by atoms with Gasteiger partial charge in [0, 0.05) is 111 Å². The predicted octanol–water partition coefficient (Wildman–Crippen LogP) is -0.613. The van der Waals surface area contributed by atoms with Gasteiger partial charge in [-0.2, -0.15) is 0 Å². The molecule has 1 atom stereocenters. The van der Waals surface area contributed by atoms with E-state index in [1.807, 2.05) is 9.80 Å². The third-order valence-corrected chi connectivity index (χ3v) is 14.3. The van der Waals surface area contributed by atoms with E-state index < -0.39 is 82.3 Å². The molecule has 0 aromatic heterocycles. The van der Waals surface area contributed by atoms with Gasteiger partial charge in [0.05, 0.1) is 77.4 Å². The Kier molecular flexibility index (Phi) is 26.9. The molecule has 15 N–H and O–H groups in total. The number of hydrogen-bond donors (Lipinski definition) is 14. The molecule has 1 unspecified atom stereocenters. The summed E-state index contributed by atoms with van der Waals surface area (Å²) in [4.78, 5) is 126. The highest BCUT2D eigenvalue weighted by atomic mass is 16.5. The van der Waals surface area contributed by atoms with E-state index in [9.17, 15) is 63.6 Å². The molecule has 28 heteroatoms. The van der Waals surface area contributed by atoms with Crippen LogP contribution >= 0.6 is 0 Å². The van der Waals surface area contributed by atoms with Crippen molar-refractivity contribution in [1.82, 2.24) is 57.2 Å². The molecule has 0 saturated carbocycles. The zero-order valence-corrected chi connectivity index (χ0v) is 48.3. The summed E-state index contributed by atoms with van der Waals surface area (Å²) in [7, 11) is 0. The van der Waals surface area contributed by atoms with Crippen LogP contribution < -0.4 is 48.3 Å². The molecule has 8 amide bonds. The highest BCUT2D eigenvalue weighted by Crippen LogP contribution is 2.26. The van der Waals surface area contributed by atoms with Crippen molar-refractivity contribution >= 4 is 53.2 Å². The Labute approximate surface area is 502 Å². The van der Waals surface area contributed by atoms with Gasteiger partial charge in [-0.15, -0.1) is 0 Å². The van der Waals surface area contributed by atoms with Gasteiger partial charge in [0.2, 0.25) is 0 Å². The minimum Gasteiger partial charge on any atom is -0.506 e. The average Bonchev–Trinajstić information content (AvgIpc) is 2.73. The van der Waals surface area contributed by atoms with Crippen molar-refractivity contribution < 1.29 is 78.2 Å². The maximum absolute atomic E-state index is 14.2. The third kappa shape index (κ3) is 20.6. The van der Waals surface area contributed by atoms with E-state index in [2.05, 4.69) is 42.5 Å². The smallest absolute Gasteiger partial charge is 0.305 e. The highest BCUT2D eigenvalue weighted by Gasteiger charge is 2.26. The largest absolute Gasteiger partial charge is 0.506 e. The highest BCUT2D eigenvalue weighted by molar-refractivity contribution is 6.06. The molecule has 3 aliphatic heterocycles. The monoisotopic (exact) mass is 1210 g/mol. The first-order chi connectivity index (χ1) is 42.0. The van der Waals surface area contributed by atoms with Crippen molar-refractivity contribution in [1.29, 1.82) is 0 Å². The first kappa shape index (κ1) is 67.2. The van der Waals surface area contributed by atoms with E-state index in [1.54, 1.807) is 4.90 Å². The molecule has 0 spiro atoms. The Bertz CT molecular complexity index is 2970. The number of aliphatic carboxylic acids is 1.